The number of carboxylic acid groups (broad SMARTS) is 1. The number of alkyl halides is 5. The fraction of sp³-hybridized carbons (Fsp3) is 0.182. The number of rotatable bonds is 3. The molecule has 1 aromatic rings. The van der Waals surface area contributed by atoms with Crippen LogP contribution < -0.4 is 0 Å². The van der Waals surface area contributed by atoms with Gasteiger partial charge in [0.1, 0.15) is 0 Å². The lowest BCUT2D eigenvalue weighted by atomic mass is 10.0. The number of carboxylic acids is 1. The van der Waals surface area contributed by atoms with Crippen molar-refractivity contribution in [1.29, 1.82) is 0 Å². The largest absolute Gasteiger partial charge is 0.478 e. The van der Waals surface area contributed by atoms with Crippen molar-refractivity contribution < 1.29 is 31.9 Å². The van der Waals surface area contributed by atoms with Gasteiger partial charge in [-0.05, 0) is 23.8 Å². The second-order valence-electron chi connectivity index (χ2n) is 3.48. The summed E-state index contributed by atoms with van der Waals surface area (Å²) in [5.41, 5.74) is -1.56. The van der Waals surface area contributed by atoms with Gasteiger partial charge in [-0.2, -0.15) is 22.0 Å². The Bertz CT molecular complexity index is 522. The fourth-order valence-corrected chi connectivity index (χ4v) is 1.44. The van der Waals surface area contributed by atoms with Crippen molar-refractivity contribution in [2.45, 2.75) is 12.1 Å². The summed E-state index contributed by atoms with van der Waals surface area (Å²) in [5, 5.41) is 7.59. The first-order chi connectivity index (χ1) is 8.55. The van der Waals surface area contributed by atoms with Crippen LogP contribution in [0.25, 0.3) is 6.08 Å². The van der Waals surface area contributed by atoms with Crippen molar-refractivity contribution in [2.75, 3.05) is 0 Å². The molecule has 1 aromatic carbocycles. The van der Waals surface area contributed by atoms with Crippen LogP contribution in [0.4, 0.5) is 22.0 Å². The van der Waals surface area contributed by atoms with Crippen molar-refractivity contribution in [2.24, 2.45) is 0 Å². The normalized spacial score (nSPS) is 12.9. The van der Waals surface area contributed by atoms with Gasteiger partial charge in [0.05, 0.1) is 5.02 Å². The molecule has 0 radical (unpaired) electrons. The first-order valence-corrected chi connectivity index (χ1v) is 5.09. The lowest BCUT2D eigenvalue weighted by Crippen LogP contribution is -2.34. The molecule has 104 valence electrons. The lowest BCUT2D eigenvalue weighted by molar-refractivity contribution is -0.289. The smallest absolute Gasteiger partial charge is 0.458 e. The maximum atomic E-state index is 13.2. The van der Waals surface area contributed by atoms with Crippen molar-refractivity contribution >= 4 is 23.6 Å². The van der Waals surface area contributed by atoms with Gasteiger partial charge in [0.2, 0.25) is 0 Å². The predicted molar refractivity (Wildman–Crippen MR) is 58.1 cm³/mol. The van der Waals surface area contributed by atoms with E-state index in [9.17, 15) is 26.7 Å². The molecule has 0 aromatic heterocycles. The maximum absolute atomic E-state index is 13.2. The molecular formula is C11H6ClF5O2. The molecule has 1 rings (SSSR count). The molecule has 0 aliphatic rings. The van der Waals surface area contributed by atoms with Gasteiger partial charge in [0.15, 0.2) is 0 Å². The van der Waals surface area contributed by atoms with Gasteiger partial charge in [0, 0.05) is 11.6 Å². The Morgan fingerprint density at radius 3 is 2.26 bits per heavy atom. The molecule has 0 saturated carbocycles. The summed E-state index contributed by atoms with van der Waals surface area (Å²) >= 11 is 5.33. The Balaban J connectivity index is 3.29. The Kier molecular flexibility index (Phi) is 4.19. The molecule has 0 amide bonds. The highest BCUT2D eigenvalue weighted by Gasteiger charge is 2.59. The SMILES string of the molecule is O=C(O)/C=C/c1ccc(Cl)c(C(F)(F)C(F)(F)F)c1. The first-order valence-electron chi connectivity index (χ1n) is 4.71. The number of hydrogen-bond acceptors (Lipinski definition) is 1. The minimum atomic E-state index is -5.79. The zero-order valence-electron chi connectivity index (χ0n) is 9.01. The van der Waals surface area contributed by atoms with Gasteiger partial charge in [-0.25, -0.2) is 4.79 Å². The van der Waals surface area contributed by atoms with Crippen LogP contribution in [-0.4, -0.2) is 17.3 Å². The molecule has 0 bridgehead atoms. The standard InChI is InChI=1S/C11H6ClF5O2/c12-8-3-1-6(2-4-9(18)19)5-7(8)10(13,14)11(15,16)17/h1-5H,(H,18,19)/b4-2+. The van der Waals surface area contributed by atoms with Crippen LogP contribution in [0.3, 0.4) is 0 Å². The quantitative estimate of drug-likeness (QED) is 0.674. The van der Waals surface area contributed by atoms with Crippen LogP contribution in [0.15, 0.2) is 24.3 Å². The number of aliphatic carboxylic acids is 1. The summed E-state index contributed by atoms with van der Waals surface area (Å²) in [7, 11) is 0. The molecule has 0 fully saturated rings. The molecule has 0 unspecified atom stereocenters. The van der Waals surface area contributed by atoms with Crippen LogP contribution in [0, 0.1) is 0 Å². The molecule has 0 atom stereocenters. The highest BCUT2D eigenvalue weighted by Crippen LogP contribution is 2.46. The van der Waals surface area contributed by atoms with Crippen LogP contribution in [-0.2, 0) is 10.7 Å². The number of halogens is 6. The lowest BCUT2D eigenvalue weighted by Gasteiger charge is -2.21. The number of hydrogen-bond donors (Lipinski definition) is 1. The van der Waals surface area contributed by atoms with E-state index < -0.39 is 28.7 Å². The van der Waals surface area contributed by atoms with Crippen molar-refractivity contribution in [3.05, 3.63) is 40.4 Å². The Morgan fingerprint density at radius 1 is 1.21 bits per heavy atom. The van der Waals surface area contributed by atoms with Crippen molar-refractivity contribution in [3.8, 4) is 0 Å². The van der Waals surface area contributed by atoms with Gasteiger partial charge in [-0.15, -0.1) is 0 Å². The van der Waals surface area contributed by atoms with E-state index >= 15 is 0 Å². The van der Waals surface area contributed by atoms with Gasteiger partial charge in [-0.3, -0.25) is 0 Å². The zero-order valence-corrected chi connectivity index (χ0v) is 9.77. The van der Waals surface area contributed by atoms with Crippen LogP contribution in [0.2, 0.25) is 5.02 Å². The molecule has 19 heavy (non-hydrogen) atoms. The average Bonchev–Trinajstić information content (AvgIpc) is 2.26. The highest BCUT2D eigenvalue weighted by atomic mass is 35.5. The third-order valence-corrected chi connectivity index (χ3v) is 2.43. The molecule has 0 spiro atoms. The topological polar surface area (TPSA) is 37.3 Å². The first kappa shape index (κ1) is 15.4. The second kappa shape index (κ2) is 5.16. The molecular weight excluding hydrogens is 295 g/mol. The summed E-state index contributed by atoms with van der Waals surface area (Å²) in [6, 6.07) is 2.46. The van der Waals surface area contributed by atoms with E-state index in [-0.39, 0.29) is 5.56 Å². The Morgan fingerprint density at radius 2 is 1.79 bits per heavy atom. The highest BCUT2D eigenvalue weighted by molar-refractivity contribution is 6.31. The fourth-order valence-electron chi connectivity index (χ4n) is 1.21. The van der Waals surface area contributed by atoms with E-state index in [0.29, 0.717) is 12.1 Å². The maximum Gasteiger partial charge on any atom is 0.458 e. The van der Waals surface area contributed by atoms with Crippen molar-refractivity contribution in [1.82, 2.24) is 0 Å². The molecule has 8 heteroatoms. The molecule has 0 aliphatic carbocycles. The molecule has 1 N–H and O–H groups in total. The third kappa shape index (κ3) is 3.44. The van der Waals surface area contributed by atoms with E-state index in [1.165, 1.54) is 0 Å². The molecule has 2 nitrogen and oxygen atoms in total. The minimum absolute atomic E-state index is 0.134. The van der Waals surface area contributed by atoms with Gasteiger partial charge in [0.25, 0.3) is 0 Å². The van der Waals surface area contributed by atoms with E-state index in [2.05, 4.69) is 0 Å². The molecule has 0 saturated heterocycles. The number of benzene rings is 1. The molecule has 0 heterocycles. The summed E-state index contributed by atoms with van der Waals surface area (Å²) in [6.45, 7) is 0. The van der Waals surface area contributed by atoms with Crippen LogP contribution in [0.1, 0.15) is 11.1 Å². The number of carbonyl (C=O) groups is 1. The average molecular weight is 301 g/mol. The predicted octanol–water partition coefficient (Wildman–Crippen LogP) is 4.09. The summed E-state index contributed by atoms with van der Waals surface area (Å²) in [6.07, 6.45) is -4.29. The molecule has 0 aliphatic heterocycles. The van der Waals surface area contributed by atoms with E-state index in [1.54, 1.807) is 0 Å². The monoisotopic (exact) mass is 300 g/mol. The summed E-state index contributed by atoms with van der Waals surface area (Å²) in [4.78, 5) is 10.2. The second-order valence-corrected chi connectivity index (χ2v) is 3.89. The van der Waals surface area contributed by atoms with Gasteiger partial charge >= 0.3 is 18.1 Å². The third-order valence-electron chi connectivity index (χ3n) is 2.10. The van der Waals surface area contributed by atoms with E-state index in [4.69, 9.17) is 16.7 Å². The van der Waals surface area contributed by atoms with Gasteiger partial charge in [-0.1, -0.05) is 17.7 Å². The Hall–Kier alpha value is -1.63. The van der Waals surface area contributed by atoms with Crippen LogP contribution >= 0.6 is 11.6 Å². The van der Waals surface area contributed by atoms with Crippen LogP contribution in [0.5, 0.6) is 0 Å². The van der Waals surface area contributed by atoms with Gasteiger partial charge < -0.3 is 5.11 Å². The van der Waals surface area contributed by atoms with E-state index in [0.717, 1.165) is 18.2 Å². The van der Waals surface area contributed by atoms with E-state index in [1.807, 2.05) is 0 Å². The summed E-state index contributed by atoms with van der Waals surface area (Å²) in [5.74, 6) is -6.48. The Labute approximate surface area is 109 Å². The summed E-state index contributed by atoms with van der Waals surface area (Å²) < 4.78 is 63.0. The zero-order chi connectivity index (χ0) is 14.8. The van der Waals surface area contributed by atoms with Crippen molar-refractivity contribution in [3.63, 3.8) is 0 Å². The minimum Gasteiger partial charge on any atom is -0.478 e.